The number of anilines is 2. The molecule has 0 atom stereocenters. The molecule has 2 N–H and O–H groups in total. The van der Waals surface area contributed by atoms with Crippen LogP contribution in [0, 0.1) is 0 Å². The second kappa shape index (κ2) is 5.38. The second-order valence-corrected chi connectivity index (χ2v) is 4.73. The zero-order chi connectivity index (χ0) is 12.3. The third kappa shape index (κ3) is 3.11. The Morgan fingerprint density at radius 1 is 1.29 bits per heavy atom. The van der Waals surface area contributed by atoms with Crippen molar-refractivity contribution in [3.8, 4) is 0 Å². The Balaban J connectivity index is 2.24. The average molecular weight is 235 g/mol. The summed E-state index contributed by atoms with van der Waals surface area (Å²) in [6.45, 7) is 4.46. The molecule has 1 aromatic carbocycles. The van der Waals surface area contributed by atoms with Crippen LogP contribution in [-0.2, 0) is 11.3 Å². The van der Waals surface area contributed by atoms with Crippen LogP contribution in [0.3, 0.4) is 0 Å². The monoisotopic (exact) mass is 235 g/mol. The van der Waals surface area contributed by atoms with Gasteiger partial charge in [0.25, 0.3) is 0 Å². The van der Waals surface area contributed by atoms with Crippen molar-refractivity contribution >= 4 is 11.4 Å². The molecule has 1 aromatic rings. The summed E-state index contributed by atoms with van der Waals surface area (Å²) in [6, 6.07) is 6.17. The number of nitrogens with two attached hydrogens (primary N) is 1. The van der Waals surface area contributed by atoms with Gasteiger partial charge in [0.2, 0.25) is 0 Å². The summed E-state index contributed by atoms with van der Waals surface area (Å²) >= 11 is 0. The summed E-state index contributed by atoms with van der Waals surface area (Å²) in [5, 5.41) is 0. The molecule has 0 radical (unpaired) electrons. The van der Waals surface area contributed by atoms with E-state index < -0.39 is 0 Å². The molecule has 1 fully saturated rings. The van der Waals surface area contributed by atoms with Crippen LogP contribution in [0.4, 0.5) is 11.4 Å². The fraction of sp³-hybridized carbons (Fsp3) is 0.538. The maximum Gasteiger partial charge on any atom is 0.0642 e. The molecule has 4 nitrogen and oxygen atoms in total. The molecule has 0 unspecified atom stereocenters. The number of hydrogen-bond donors (Lipinski definition) is 1. The lowest BCUT2D eigenvalue weighted by Gasteiger charge is -2.31. The van der Waals surface area contributed by atoms with Crippen molar-refractivity contribution in [1.29, 1.82) is 0 Å². The van der Waals surface area contributed by atoms with Gasteiger partial charge in [-0.3, -0.25) is 0 Å². The lowest BCUT2D eigenvalue weighted by Crippen LogP contribution is -2.37. The van der Waals surface area contributed by atoms with E-state index in [4.69, 9.17) is 10.5 Å². The highest BCUT2D eigenvalue weighted by Gasteiger charge is 2.15. The number of rotatable bonds is 3. The lowest BCUT2D eigenvalue weighted by atomic mass is 10.1. The molecule has 1 aliphatic heterocycles. The molecule has 0 bridgehead atoms. The molecule has 2 rings (SSSR count). The van der Waals surface area contributed by atoms with Crippen molar-refractivity contribution in [2.75, 3.05) is 51.0 Å². The van der Waals surface area contributed by atoms with Crippen molar-refractivity contribution in [3.63, 3.8) is 0 Å². The van der Waals surface area contributed by atoms with E-state index in [1.165, 1.54) is 11.3 Å². The zero-order valence-electron chi connectivity index (χ0n) is 10.6. The molecule has 0 aliphatic carbocycles. The molecule has 0 saturated carbocycles. The molecule has 1 aliphatic rings. The first-order valence-corrected chi connectivity index (χ1v) is 6.02. The lowest BCUT2D eigenvalue weighted by molar-refractivity contribution is 0.122. The number of nitrogen functional groups attached to an aromatic ring is 1. The van der Waals surface area contributed by atoms with Gasteiger partial charge in [-0.05, 0) is 37.9 Å². The summed E-state index contributed by atoms with van der Waals surface area (Å²) in [4.78, 5) is 4.54. The van der Waals surface area contributed by atoms with Gasteiger partial charge in [0, 0.05) is 31.0 Å². The first-order valence-electron chi connectivity index (χ1n) is 6.02. The van der Waals surface area contributed by atoms with Gasteiger partial charge >= 0.3 is 0 Å². The Kier molecular flexibility index (Phi) is 3.86. The van der Waals surface area contributed by atoms with Crippen molar-refractivity contribution < 1.29 is 4.74 Å². The molecule has 1 saturated heterocycles. The molecular weight excluding hydrogens is 214 g/mol. The van der Waals surface area contributed by atoms with E-state index in [1.807, 2.05) is 6.07 Å². The van der Waals surface area contributed by atoms with Crippen LogP contribution < -0.4 is 10.6 Å². The molecule has 0 aromatic heterocycles. The van der Waals surface area contributed by atoms with Crippen LogP contribution in [-0.4, -0.2) is 45.3 Å². The topological polar surface area (TPSA) is 41.7 Å². The highest BCUT2D eigenvalue weighted by atomic mass is 16.5. The third-order valence-electron chi connectivity index (χ3n) is 2.94. The van der Waals surface area contributed by atoms with E-state index >= 15 is 0 Å². The number of nitrogens with zero attached hydrogens (tertiary/aromatic N) is 2. The van der Waals surface area contributed by atoms with Gasteiger partial charge in [-0.2, -0.15) is 0 Å². The van der Waals surface area contributed by atoms with Crippen LogP contribution in [0.2, 0.25) is 0 Å². The first-order chi connectivity index (χ1) is 8.16. The molecule has 4 heteroatoms. The second-order valence-electron chi connectivity index (χ2n) is 4.73. The van der Waals surface area contributed by atoms with E-state index in [1.54, 1.807) is 0 Å². The molecule has 0 spiro atoms. The fourth-order valence-corrected chi connectivity index (χ4v) is 2.19. The largest absolute Gasteiger partial charge is 0.399 e. The highest BCUT2D eigenvalue weighted by molar-refractivity contribution is 5.59. The van der Waals surface area contributed by atoms with Gasteiger partial charge in [-0.25, -0.2) is 0 Å². The smallest absolute Gasteiger partial charge is 0.0642 e. The van der Waals surface area contributed by atoms with Gasteiger partial charge < -0.3 is 20.3 Å². The Bertz CT molecular complexity index is 373. The summed E-state index contributed by atoms with van der Waals surface area (Å²) in [7, 11) is 4.15. The summed E-state index contributed by atoms with van der Waals surface area (Å²) < 4.78 is 5.39. The van der Waals surface area contributed by atoms with Crippen LogP contribution >= 0.6 is 0 Å². The Morgan fingerprint density at radius 2 is 2.00 bits per heavy atom. The SMILES string of the molecule is CN(C)Cc1cc(N)ccc1N1CCOCC1. The minimum Gasteiger partial charge on any atom is -0.399 e. The van der Waals surface area contributed by atoms with Gasteiger partial charge in [-0.1, -0.05) is 0 Å². The van der Waals surface area contributed by atoms with E-state index in [-0.39, 0.29) is 0 Å². The zero-order valence-corrected chi connectivity index (χ0v) is 10.6. The summed E-state index contributed by atoms with van der Waals surface area (Å²) in [6.07, 6.45) is 0. The third-order valence-corrected chi connectivity index (χ3v) is 2.94. The standard InChI is InChI=1S/C13H21N3O/c1-15(2)10-11-9-12(14)3-4-13(11)16-5-7-17-8-6-16/h3-4,9H,5-8,10,14H2,1-2H3. The van der Waals surface area contributed by atoms with Gasteiger partial charge in [0.1, 0.15) is 0 Å². The van der Waals surface area contributed by atoms with Crippen LogP contribution in [0.1, 0.15) is 5.56 Å². The minimum absolute atomic E-state index is 0.811. The van der Waals surface area contributed by atoms with Gasteiger partial charge in [-0.15, -0.1) is 0 Å². The molecular formula is C13H21N3O. The van der Waals surface area contributed by atoms with Crippen molar-refractivity contribution in [2.45, 2.75) is 6.54 Å². The van der Waals surface area contributed by atoms with E-state index in [9.17, 15) is 0 Å². The van der Waals surface area contributed by atoms with Crippen LogP contribution in [0.25, 0.3) is 0 Å². The number of ether oxygens (including phenoxy) is 1. The van der Waals surface area contributed by atoms with Crippen molar-refractivity contribution in [3.05, 3.63) is 23.8 Å². The number of morpholine rings is 1. The van der Waals surface area contributed by atoms with Crippen molar-refractivity contribution in [2.24, 2.45) is 0 Å². The van der Waals surface area contributed by atoms with Gasteiger partial charge in [0.15, 0.2) is 0 Å². The molecule has 0 amide bonds. The molecule has 1 heterocycles. The first kappa shape index (κ1) is 12.2. The van der Waals surface area contributed by atoms with Crippen molar-refractivity contribution in [1.82, 2.24) is 4.90 Å². The Morgan fingerprint density at radius 3 is 2.65 bits per heavy atom. The van der Waals surface area contributed by atoms with Gasteiger partial charge in [0.05, 0.1) is 13.2 Å². The Labute approximate surface area is 103 Å². The predicted molar refractivity (Wildman–Crippen MR) is 71.3 cm³/mol. The number of hydrogen-bond acceptors (Lipinski definition) is 4. The maximum absolute atomic E-state index is 5.87. The normalized spacial score (nSPS) is 16.5. The average Bonchev–Trinajstić information content (AvgIpc) is 2.29. The summed E-state index contributed by atoms with van der Waals surface area (Å²) in [5.41, 5.74) is 9.28. The minimum atomic E-state index is 0.811. The summed E-state index contributed by atoms with van der Waals surface area (Å²) in [5.74, 6) is 0. The predicted octanol–water partition coefficient (Wildman–Crippen LogP) is 1.17. The molecule has 17 heavy (non-hydrogen) atoms. The van der Waals surface area contributed by atoms with E-state index in [0.717, 1.165) is 38.5 Å². The van der Waals surface area contributed by atoms with Crippen LogP contribution in [0.5, 0.6) is 0 Å². The maximum atomic E-state index is 5.87. The highest BCUT2D eigenvalue weighted by Crippen LogP contribution is 2.24. The fourth-order valence-electron chi connectivity index (χ4n) is 2.19. The quantitative estimate of drug-likeness (QED) is 0.799. The van der Waals surface area contributed by atoms with E-state index in [0.29, 0.717) is 0 Å². The number of benzene rings is 1. The molecule has 94 valence electrons. The van der Waals surface area contributed by atoms with Crippen LogP contribution in [0.15, 0.2) is 18.2 Å². The Hall–Kier alpha value is -1.26. The van der Waals surface area contributed by atoms with E-state index in [2.05, 4.69) is 36.0 Å².